The third-order valence-electron chi connectivity index (χ3n) is 3.85. The molecule has 0 atom stereocenters. The highest BCUT2D eigenvalue weighted by molar-refractivity contribution is 5.96. The van der Waals surface area contributed by atoms with Crippen molar-refractivity contribution in [1.82, 2.24) is 0 Å². The number of carbonyl (C=O) groups excluding carboxylic acids is 1. The van der Waals surface area contributed by atoms with E-state index in [9.17, 15) is 4.79 Å². The van der Waals surface area contributed by atoms with E-state index in [-0.39, 0.29) is 5.78 Å². The summed E-state index contributed by atoms with van der Waals surface area (Å²) < 4.78 is 5.67. The summed E-state index contributed by atoms with van der Waals surface area (Å²) in [5.41, 5.74) is 0.790. The fourth-order valence-electron chi connectivity index (χ4n) is 2.19. The summed E-state index contributed by atoms with van der Waals surface area (Å²) >= 11 is 0. The summed E-state index contributed by atoms with van der Waals surface area (Å²) in [6.07, 6.45) is 1.66. The Kier molecular flexibility index (Phi) is 8.06. The summed E-state index contributed by atoms with van der Waals surface area (Å²) in [7, 11) is 0. The van der Waals surface area contributed by atoms with Gasteiger partial charge in [-0.15, -0.1) is 0 Å². The second-order valence-electron chi connectivity index (χ2n) is 5.94. The molecule has 0 aliphatic heterocycles. The van der Waals surface area contributed by atoms with Crippen LogP contribution in [0.15, 0.2) is 24.3 Å². The van der Waals surface area contributed by atoms with Crippen LogP contribution in [-0.4, -0.2) is 32.0 Å². The molecule has 1 aromatic carbocycles. The Morgan fingerprint density at radius 2 is 1.76 bits per heavy atom. The molecule has 0 saturated carbocycles. The van der Waals surface area contributed by atoms with Gasteiger partial charge in [0.05, 0.1) is 32.7 Å². The highest BCUT2D eigenvalue weighted by atomic mass is 16.5. The molecule has 0 amide bonds. The van der Waals surface area contributed by atoms with Crippen LogP contribution in [0.5, 0.6) is 5.75 Å². The molecule has 21 heavy (non-hydrogen) atoms. The van der Waals surface area contributed by atoms with E-state index in [4.69, 9.17) is 4.74 Å². The van der Waals surface area contributed by atoms with Gasteiger partial charge in [-0.05, 0) is 50.5 Å². The number of ether oxygens (including phenoxy) is 1. The highest BCUT2D eigenvalue weighted by Crippen LogP contribution is 2.14. The van der Waals surface area contributed by atoms with Crippen molar-refractivity contribution in [2.75, 3.05) is 26.2 Å². The Morgan fingerprint density at radius 1 is 1.14 bits per heavy atom. The Bertz CT molecular complexity index is 408. The van der Waals surface area contributed by atoms with Gasteiger partial charge in [-0.25, -0.2) is 0 Å². The average molecular weight is 292 g/mol. The topological polar surface area (TPSA) is 30.7 Å². The molecule has 0 heterocycles. The van der Waals surface area contributed by atoms with E-state index in [0.717, 1.165) is 44.0 Å². The predicted octanol–water partition coefficient (Wildman–Crippen LogP) is 2.61. The largest absolute Gasteiger partial charge is 0.494 e. The van der Waals surface area contributed by atoms with Gasteiger partial charge >= 0.3 is 0 Å². The molecule has 3 heteroatoms. The van der Waals surface area contributed by atoms with E-state index in [2.05, 4.69) is 27.7 Å². The maximum absolute atomic E-state index is 12.1. The maximum Gasteiger partial charge on any atom is 0.168 e. The van der Waals surface area contributed by atoms with Gasteiger partial charge in [0.2, 0.25) is 0 Å². The maximum atomic E-state index is 12.1. The van der Waals surface area contributed by atoms with Crippen molar-refractivity contribution in [2.45, 2.75) is 40.5 Å². The van der Waals surface area contributed by atoms with Crippen LogP contribution in [0.2, 0.25) is 0 Å². The summed E-state index contributed by atoms with van der Waals surface area (Å²) in [5.74, 6) is 1.72. The molecule has 1 aromatic rings. The molecule has 0 unspecified atom stereocenters. The molecule has 0 bridgehead atoms. The lowest BCUT2D eigenvalue weighted by atomic mass is 10.1. The molecule has 1 rings (SSSR count). The lowest BCUT2D eigenvalue weighted by Gasteiger charge is -2.14. The molecule has 1 N–H and O–H groups in total. The lowest BCUT2D eigenvalue weighted by molar-refractivity contribution is -0.895. The number of nitrogens with one attached hydrogen (secondary N) is 1. The highest BCUT2D eigenvalue weighted by Gasteiger charge is 2.10. The molecule has 0 aliphatic rings. The van der Waals surface area contributed by atoms with Gasteiger partial charge in [-0.3, -0.25) is 4.79 Å². The number of rotatable bonds is 10. The molecule has 0 saturated heterocycles. The Morgan fingerprint density at radius 3 is 2.29 bits per heavy atom. The van der Waals surface area contributed by atoms with E-state index >= 15 is 0 Å². The lowest BCUT2D eigenvalue weighted by Crippen LogP contribution is -3.11. The first-order valence-electron chi connectivity index (χ1n) is 8.16. The Labute approximate surface area is 129 Å². The molecule has 0 aromatic heterocycles. The van der Waals surface area contributed by atoms with Crippen LogP contribution in [0.3, 0.4) is 0 Å². The van der Waals surface area contributed by atoms with Gasteiger partial charge < -0.3 is 9.64 Å². The van der Waals surface area contributed by atoms with Gasteiger partial charge in [-0.2, -0.15) is 0 Å². The summed E-state index contributed by atoms with van der Waals surface area (Å²) in [4.78, 5) is 13.6. The predicted molar refractivity (Wildman–Crippen MR) is 87.3 cm³/mol. The average Bonchev–Trinajstić information content (AvgIpc) is 2.48. The number of quaternary nitrogens is 1. The first-order chi connectivity index (χ1) is 10.1. The quantitative estimate of drug-likeness (QED) is 0.672. The van der Waals surface area contributed by atoms with Gasteiger partial charge in [-0.1, -0.05) is 13.8 Å². The monoisotopic (exact) mass is 292 g/mol. The van der Waals surface area contributed by atoms with E-state index < -0.39 is 0 Å². The zero-order chi connectivity index (χ0) is 15.7. The van der Waals surface area contributed by atoms with Crippen molar-refractivity contribution in [3.63, 3.8) is 0 Å². The number of carbonyl (C=O) groups is 1. The first-order valence-corrected chi connectivity index (χ1v) is 8.16. The van der Waals surface area contributed by atoms with Crippen LogP contribution in [-0.2, 0) is 0 Å². The van der Waals surface area contributed by atoms with Gasteiger partial charge in [0.15, 0.2) is 5.78 Å². The Balaban J connectivity index is 2.43. The summed E-state index contributed by atoms with van der Waals surface area (Å²) in [5, 5.41) is 0. The van der Waals surface area contributed by atoms with E-state index in [1.165, 1.54) is 4.90 Å². The number of hydrogen-bond acceptors (Lipinski definition) is 2. The van der Waals surface area contributed by atoms with Crippen LogP contribution in [0.4, 0.5) is 0 Å². The molecule has 0 radical (unpaired) electrons. The van der Waals surface area contributed by atoms with Crippen LogP contribution < -0.4 is 9.64 Å². The van der Waals surface area contributed by atoms with Crippen molar-refractivity contribution >= 4 is 5.78 Å². The molecule has 3 nitrogen and oxygen atoms in total. The Hall–Kier alpha value is -1.35. The second kappa shape index (κ2) is 9.56. The minimum atomic E-state index is 0.225. The second-order valence-corrected chi connectivity index (χ2v) is 5.94. The van der Waals surface area contributed by atoms with Gasteiger partial charge in [0.25, 0.3) is 0 Å². The number of hydrogen-bond donors (Lipinski definition) is 1. The van der Waals surface area contributed by atoms with Crippen LogP contribution >= 0.6 is 0 Å². The third-order valence-corrected chi connectivity index (χ3v) is 3.85. The summed E-state index contributed by atoms with van der Waals surface area (Å²) in [6.45, 7) is 12.5. The van der Waals surface area contributed by atoms with Gasteiger partial charge in [0.1, 0.15) is 5.75 Å². The standard InChI is InChI=1S/C18H29NO2/c1-5-19(6-2)13-11-18(20)16-7-9-17(10-8-16)21-14-12-15(3)4/h7-10,15H,5-6,11-14H2,1-4H3/p+1. The van der Waals surface area contributed by atoms with E-state index in [1.807, 2.05) is 24.3 Å². The minimum Gasteiger partial charge on any atom is -0.494 e. The van der Waals surface area contributed by atoms with Crippen molar-refractivity contribution in [2.24, 2.45) is 5.92 Å². The van der Waals surface area contributed by atoms with Crippen LogP contribution in [0.1, 0.15) is 50.9 Å². The zero-order valence-electron chi connectivity index (χ0n) is 13.9. The number of ketones is 1. The number of benzene rings is 1. The van der Waals surface area contributed by atoms with Crippen molar-refractivity contribution in [3.05, 3.63) is 29.8 Å². The molecule has 0 spiro atoms. The van der Waals surface area contributed by atoms with Crippen LogP contribution in [0.25, 0.3) is 0 Å². The minimum absolute atomic E-state index is 0.225. The molecule has 0 aliphatic carbocycles. The first kappa shape index (κ1) is 17.7. The smallest absolute Gasteiger partial charge is 0.168 e. The van der Waals surface area contributed by atoms with Crippen LogP contribution in [0, 0.1) is 5.92 Å². The van der Waals surface area contributed by atoms with Crippen molar-refractivity contribution in [1.29, 1.82) is 0 Å². The number of Topliss-reactive ketones (excluding diaryl/α,β-unsaturated/α-hetero) is 1. The molecule has 118 valence electrons. The molecule has 0 fully saturated rings. The van der Waals surface area contributed by atoms with Crippen molar-refractivity contribution in [3.8, 4) is 5.75 Å². The van der Waals surface area contributed by atoms with E-state index in [1.54, 1.807) is 0 Å². The van der Waals surface area contributed by atoms with Gasteiger partial charge in [0, 0.05) is 5.56 Å². The fourth-order valence-corrected chi connectivity index (χ4v) is 2.19. The third kappa shape index (κ3) is 6.76. The molecular formula is C18H30NO2+. The zero-order valence-corrected chi connectivity index (χ0v) is 13.9. The molecular weight excluding hydrogens is 262 g/mol. The summed E-state index contributed by atoms with van der Waals surface area (Å²) in [6, 6.07) is 7.56. The SMILES string of the molecule is CC[NH+](CC)CCC(=O)c1ccc(OCCC(C)C)cc1. The fraction of sp³-hybridized carbons (Fsp3) is 0.611. The van der Waals surface area contributed by atoms with E-state index in [0.29, 0.717) is 12.3 Å². The normalized spacial score (nSPS) is 11.1. The van der Waals surface area contributed by atoms with Crippen molar-refractivity contribution < 1.29 is 14.4 Å².